The van der Waals surface area contributed by atoms with E-state index in [1.807, 2.05) is 6.26 Å². The van der Waals surface area contributed by atoms with Gasteiger partial charge in [0, 0.05) is 26.1 Å². The lowest BCUT2D eigenvalue weighted by atomic mass is 10.1. The van der Waals surface area contributed by atoms with Crippen molar-refractivity contribution in [3.63, 3.8) is 0 Å². The summed E-state index contributed by atoms with van der Waals surface area (Å²) in [5, 5.41) is 0.658. The van der Waals surface area contributed by atoms with Gasteiger partial charge >= 0.3 is 0 Å². The van der Waals surface area contributed by atoms with Crippen molar-refractivity contribution in [2.75, 3.05) is 19.9 Å². The number of thioether (sulfide) groups is 1. The minimum absolute atomic E-state index is 0.0688. The van der Waals surface area contributed by atoms with E-state index in [4.69, 9.17) is 4.74 Å². The lowest BCUT2D eigenvalue weighted by Gasteiger charge is -2.27. The quantitative estimate of drug-likeness (QED) is 0.686. The minimum Gasteiger partial charge on any atom is -0.494 e. The Morgan fingerprint density at radius 3 is 3.04 bits per heavy atom. The van der Waals surface area contributed by atoms with E-state index in [0.717, 1.165) is 29.8 Å². The number of methoxy groups -OCH3 is 1. The van der Waals surface area contributed by atoms with Gasteiger partial charge in [0.2, 0.25) is 0 Å². The maximum atomic E-state index is 13.5. The first-order chi connectivity index (χ1) is 11.1. The molecule has 1 N–H and O–H groups in total. The summed E-state index contributed by atoms with van der Waals surface area (Å²) in [6.07, 6.45) is 2.63. The lowest BCUT2D eigenvalue weighted by Crippen LogP contribution is -2.35. The van der Waals surface area contributed by atoms with Crippen LogP contribution in [0.25, 0.3) is 0 Å². The Morgan fingerprint density at radius 2 is 2.30 bits per heavy atom. The monoisotopic (exact) mass is 335 g/mol. The Labute approximate surface area is 137 Å². The molecular formula is C16H18FN3O2S. The summed E-state index contributed by atoms with van der Waals surface area (Å²) in [7, 11) is 1.45. The van der Waals surface area contributed by atoms with Crippen LogP contribution in [0.4, 0.5) is 4.39 Å². The molecule has 1 aromatic carbocycles. The van der Waals surface area contributed by atoms with Crippen LogP contribution < -0.4 is 10.3 Å². The molecule has 7 heteroatoms. The summed E-state index contributed by atoms with van der Waals surface area (Å²) in [4.78, 5) is 21.6. The summed E-state index contributed by atoms with van der Waals surface area (Å²) in [5.74, 6) is -0.130. The molecule has 23 heavy (non-hydrogen) atoms. The van der Waals surface area contributed by atoms with Gasteiger partial charge in [-0.05, 0) is 24.0 Å². The van der Waals surface area contributed by atoms with Crippen LogP contribution in [-0.2, 0) is 19.5 Å². The fourth-order valence-corrected chi connectivity index (χ4v) is 3.15. The molecule has 1 aliphatic heterocycles. The zero-order chi connectivity index (χ0) is 16.4. The Bertz CT molecular complexity index is 778. The van der Waals surface area contributed by atoms with Crippen LogP contribution in [0.15, 0.2) is 28.2 Å². The van der Waals surface area contributed by atoms with Crippen LogP contribution in [0.1, 0.15) is 16.8 Å². The van der Waals surface area contributed by atoms with Gasteiger partial charge < -0.3 is 9.72 Å². The van der Waals surface area contributed by atoms with Crippen molar-refractivity contribution in [3.05, 3.63) is 51.2 Å². The van der Waals surface area contributed by atoms with E-state index in [0.29, 0.717) is 18.2 Å². The van der Waals surface area contributed by atoms with Crippen LogP contribution in [0.5, 0.6) is 5.75 Å². The molecule has 2 heterocycles. The zero-order valence-electron chi connectivity index (χ0n) is 13.1. The smallest absolute Gasteiger partial charge is 0.256 e. The van der Waals surface area contributed by atoms with E-state index in [9.17, 15) is 9.18 Å². The number of hydrogen-bond donors (Lipinski definition) is 1. The average molecular weight is 335 g/mol. The number of fused-ring (bicyclic) bond motifs is 1. The van der Waals surface area contributed by atoms with E-state index in [2.05, 4.69) is 14.9 Å². The van der Waals surface area contributed by atoms with Crippen LogP contribution in [-0.4, -0.2) is 34.8 Å². The highest BCUT2D eigenvalue weighted by atomic mass is 32.2. The molecule has 0 atom stereocenters. The summed E-state index contributed by atoms with van der Waals surface area (Å²) >= 11 is 1.43. The second kappa shape index (κ2) is 6.72. The highest BCUT2D eigenvalue weighted by Gasteiger charge is 2.21. The lowest BCUT2D eigenvalue weighted by molar-refractivity contribution is 0.240. The highest BCUT2D eigenvalue weighted by Crippen LogP contribution is 2.22. The number of hydrogen-bond acceptors (Lipinski definition) is 5. The number of aromatic nitrogens is 2. The molecule has 3 rings (SSSR count). The van der Waals surface area contributed by atoms with Gasteiger partial charge in [-0.25, -0.2) is 9.37 Å². The Balaban J connectivity index is 1.79. The number of rotatable bonds is 4. The first-order valence-electron chi connectivity index (χ1n) is 7.31. The van der Waals surface area contributed by atoms with Crippen LogP contribution in [0.2, 0.25) is 0 Å². The van der Waals surface area contributed by atoms with Crippen molar-refractivity contribution in [1.82, 2.24) is 14.9 Å². The van der Waals surface area contributed by atoms with Gasteiger partial charge in [0.25, 0.3) is 5.56 Å². The molecule has 2 aromatic rings. The maximum Gasteiger partial charge on any atom is 0.256 e. The number of aromatic amines is 1. The fourth-order valence-electron chi connectivity index (χ4n) is 2.75. The summed E-state index contributed by atoms with van der Waals surface area (Å²) in [5.41, 5.74) is 2.49. The number of nitrogens with zero attached hydrogens (tertiary/aromatic N) is 2. The molecule has 0 fully saturated rings. The summed E-state index contributed by atoms with van der Waals surface area (Å²) in [6.45, 7) is 2.00. The number of benzene rings is 1. The van der Waals surface area contributed by atoms with Crippen molar-refractivity contribution in [2.24, 2.45) is 0 Å². The predicted octanol–water partition coefficient (Wildman–Crippen LogP) is 2.20. The number of nitrogens with one attached hydrogen (secondary N) is 1. The minimum atomic E-state index is -0.370. The Hall–Kier alpha value is -1.86. The summed E-state index contributed by atoms with van der Waals surface area (Å²) < 4.78 is 18.5. The molecule has 0 saturated heterocycles. The molecule has 0 unspecified atom stereocenters. The Kier molecular flexibility index (Phi) is 4.68. The zero-order valence-corrected chi connectivity index (χ0v) is 13.9. The number of ether oxygens (including phenoxy) is 1. The molecule has 5 nitrogen and oxygen atoms in total. The van der Waals surface area contributed by atoms with Crippen molar-refractivity contribution >= 4 is 11.8 Å². The third-order valence-electron chi connectivity index (χ3n) is 3.94. The first-order valence-corrected chi connectivity index (χ1v) is 8.54. The van der Waals surface area contributed by atoms with Crippen molar-refractivity contribution in [1.29, 1.82) is 0 Å². The second-order valence-corrected chi connectivity index (χ2v) is 6.22. The van der Waals surface area contributed by atoms with E-state index in [-0.39, 0.29) is 17.1 Å². The van der Waals surface area contributed by atoms with E-state index in [1.165, 1.54) is 24.9 Å². The van der Waals surface area contributed by atoms with Crippen molar-refractivity contribution in [2.45, 2.75) is 24.7 Å². The normalized spacial score (nSPS) is 14.6. The molecule has 1 aromatic heterocycles. The van der Waals surface area contributed by atoms with E-state index >= 15 is 0 Å². The van der Waals surface area contributed by atoms with Gasteiger partial charge in [0.05, 0.1) is 18.4 Å². The molecule has 0 amide bonds. The molecule has 0 saturated carbocycles. The molecule has 0 bridgehead atoms. The predicted molar refractivity (Wildman–Crippen MR) is 87.4 cm³/mol. The maximum absolute atomic E-state index is 13.5. The van der Waals surface area contributed by atoms with Crippen molar-refractivity contribution in [3.8, 4) is 5.75 Å². The van der Waals surface area contributed by atoms with E-state index < -0.39 is 0 Å². The van der Waals surface area contributed by atoms with Gasteiger partial charge in [0.15, 0.2) is 16.7 Å². The van der Waals surface area contributed by atoms with Gasteiger partial charge in [-0.15, -0.1) is 0 Å². The molecule has 0 spiro atoms. The third-order valence-corrected chi connectivity index (χ3v) is 4.52. The number of H-pyrrole nitrogens is 1. The molecular weight excluding hydrogens is 317 g/mol. The van der Waals surface area contributed by atoms with Crippen LogP contribution in [0, 0.1) is 5.82 Å². The Morgan fingerprint density at radius 1 is 1.48 bits per heavy atom. The molecule has 122 valence electrons. The van der Waals surface area contributed by atoms with Gasteiger partial charge in [-0.1, -0.05) is 17.8 Å². The average Bonchev–Trinajstić information content (AvgIpc) is 2.57. The fraction of sp³-hybridized carbons (Fsp3) is 0.375. The van der Waals surface area contributed by atoms with Crippen molar-refractivity contribution < 1.29 is 9.13 Å². The van der Waals surface area contributed by atoms with Gasteiger partial charge in [-0.3, -0.25) is 9.69 Å². The largest absolute Gasteiger partial charge is 0.494 e. The number of halogens is 1. The van der Waals surface area contributed by atoms with Crippen LogP contribution >= 0.6 is 11.8 Å². The van der Waals surface area contributed by atoms with E-state index in [1.54, 1.807) is 12.1 Å². The topological polar surface area (TPSA) is 58.2 Å². The molecule has 0 aliphatic carbocycles. The molecule has 0 radical (unpaired) electrons. The second-order valence-electron chi connectivity index (χ2n) is 5.43. The third kappa shape index (κ3) is 3.40. The summed E-state index contributed by atoms with van der Waals surface area (Å²) in [6, 6.07) is 4.85. The van der Waals surface area contributed by atoms with Crippen LogP contribution in [0.3, 0.4) is 0 Å². The highest BCUT2D eigenvalue weighted by molar-refractivity contribution is 7.98. The first kappa shape index (κ1) is 16.0. The SMILES string of the molecule is COc1cc(CN2CCc3nc(SC)[nH]c(=O)c3C2)ccc1F. The van der Waals surface area contributed by atoms with Gasteiger partial charge in [-0.2, -0.15) is 0 Å². The standard InChI is InChI=1S/C16H18FN3O2S/c1-22-14-7-10(3-4-12(14)17)8-20-6-5-13-11(9-20)15(21)19-16(18-13)23-2/h3-4,7H,5-6,8-9H2,1-2H3,(H,18,19,21). The van der Waals surface area contributed by atoms with Gasteiger partial charge in [0.1, 0.15) is 0 Å². The molecule has 1 aliphatic rings.